The fraction of sp³-hybridized carbons (Fsp3) is 0.200. The van der Waals surface area contributed by atoms with Crippen LogP contribution in [0.5, 0.6) is 0 Å². The number of ether oxygens (including phenoxy) is 1. The number of benzene rings is 4. The molecule has 4 aromatic carbocycles. The van der Waals surface area contributed by atoms with Gasteiger partial charge in [-0.1, -0.05) is 73.7 Å². The van der Waals surface area contributed by atoms with E-state index in [1.165, 1.54) is 17.0 Å². The monoisotopic (exact) mass is 556 g/mol. The Morgan fingerprint density at radius 1 is 0.714 bits per heavy atom. The van der Waals surface area contributed by atoms with Gasteiger partial charge in [0.05, 0.1) is 23.1 Å². The van der Waals surface area contributed by atoms with Crippen LogP contribution in [0.2, 0.25) is 0 Å². The summed E-state index contributed by atoms with van der Waals surface area (Å²) < 4.78 is 5.23. The molecule has 1 N–H and O–H groups in total. The van der Waals surface area contributed by atoms with Crippen LogP contribution in [0, 0.1) is 11.8 Å². The van der Waals surface area contributed by atoms with E-state index in [2.05, 4.69) is 29.6 Å². The number of nitrogens with one attached hydrogen (secondary N) is 1. The molecule has 208 valence electrons. The second kappa shape index (κ2) is 10.1. The van der Waals surface area contributed by atoms with Crippen molar-refractivity contribution in [3.05, 3.63) is 130 Å². The number of carbonyl (C=O) groups is 4. The highest BCUT2D eigenvalue weighted by Gasteiger charge is 2.61. The highest BCUT2D eigenvalue weighted by Crippen LogP contribution is 2.61. The van der Waals surface area contributed by atoms with E-state index in [4.69, 9.17) is 4.74 Å². The summed E-state index contributed by atoms with van der Waals surface area (Å²) in [4.78, 5) is 54.2. The molecule has 3 amide bonds. The lowest BCUT2D eigenvalue weighted by molar-refractivity contribution is -0.122. The summed E-state index contributed by atoms with van der Waals surface area (Å²) in [6, 6.07) is 29.9. The van der Waals surface area contributed by atoms with Gasteiger partial charge in [0, 0.05) is 17.5 Å². The van der Waals surface area contributed by atoms with E-state index >= 15 is 0 Å². The molecule has 1 heterocycles. The average Bonchev–Trinajstić information content (AvgIpc) is 3.30. The highest BCUT2D eigenvalue weighted by atomic mass is 16.5. The Bertz CT molecular complexity index is 1650. The van der Waals surface area contributed by atoms with Gasteiger partial charge in [0.25, 0.3) is 5.91 Å². The van der Waals surface area contributed by atoms with Crippen molar-refractivity contribution in [3.8, 4) is 0 Å². The third-order valence-electron chi connectivity index (χ3n) is 8.82. The van der Waals surface area contributed by atoms with Crippen LogP contribution in [0.1, 0.15) is 56.9 Å². The Morgan fingerprint density at radius 3 is 1.74 bits per heavy atom. The Kier molecular flexibility index (Phi) is 6.23. The summed E-state index contributed by atoms with van der Waals surface area (Å²) in [7, 11) is 0. The molecule has 0 radical (unpaired) electrons. The maximum absolute atomic E-state index is 13.9. The van der Waals surface area contributed by atoms with E-state index in [9.17, 15) is 19.2 Å². The van der Waals surface area contributed by atoms with Gasteiger partial charge in [-0.25, -0.2) is 9.69 Å². The summed E-state index contributed by atoms with van der Waals surface area (Å²) in [5.74, 6) is -2.86. The fourth-order valence-corrected chi connectivity index (χ4v) is 7.03. The summed E-state index contributed by atoms with van der Waals surface area (Å²) in [6.07, 6.45) is 0.757. The maximum atomic E-state index is 13.9. The quantitative estimate of drug-likeness (QED) is 0.252. The number of imide groups is 1. The molecule has 8 rings (SSSR count). The normalized spacial score (nSPS) is 21.4. The molecule has 1 fully saturated rings. The zero-order chi connectivity index (χ0) is 29.0. The lowest BCUT2D eigenvalue weighted by Crippen LogP contribution is -2.41. The van der Waals surface area contributed by atoms with Crippen molar-refractivity contribution in [2.45, 2.75) is 25.2 Å². The minimum atomic E-state index is -0.669. The van der Waals surface area contributed by atoms with Crippen LogP contribution in [0.25, 0.3) is 0 Å². The van der Waals surface area contributed by atoms with Crippen LogP contribution in [0.4, 0.5) is 11.4 Å². The average molecular weight is 557 g/mol. The molecule has 1 saturated heterocycles. The minimum Gasteiger partial charge on any atom is -0.452 e. The minimum absolute atomic E-state index is 0.182. The predicted octanol–water partition coefficient (Wildman–Crippen LogP) is 5.44. The van der Waals surface area contributed by atoms with Crippen LogP contribution in [0.3, 0.4) is 0 Å². The van der Waals surface area contributed by atoms with Crippen molar-refractivity contribution in [2.24, 2.45) is 11.8 Å². The summed E-state index contributed by atoms with van der Waals surface area (Å²) in [6.45, 7) is 1.56. The van der Waals surface area contributed by atoms with Gasteiger partial charge in [-0.15, -0.1) is 0 Å². The number of nitrogens with zero attached hydrogens (tertiary/aromatic N) is 1. The SMILES string of the molecule is CCc1ccccc1NC(=O)COC(=O)c1ccc(N2C(=O)[C@@H]3C4c5ccccc5C(c5ccccc54)[C@H]3C2=O)cc1. The van der Waals surface area contributed by atoms with Crippen molar-refractivity contribution >= 4 is 35.1 Å². The van der Waals surface area contributed by atoms with E-state index in [-0.39, 0.29) is 29.2 Å². The highest BCUT2D eigenvalue weighted by molar-refractivity contribution is 6.23. The first-order valence-electron chi connectivity index (χ1n) is 14.2. The number of hydrogen-bond acceptors (Lipinski definition) is 5. The van der Waals surface area contributed by atoms with Gasteiger partial charge in [0.2, 0.25) is 11.8 Å². The third kappa shape index (κ3) is 3.96. The van der Waals surface area contributed by atoms with Crippen molar-refractivity contribution in [2.75, 3.05) is 16.8 Å². The number of hydrogen-bond donors (Lipinski definition) is 1. The zero-order valence-electron chi connectivity index (χ0n) is 22.9. The molecule has 3 aliphatic carbocycles. The number of aryl methyl sites for hydroxylation is 1. The Morgan fingerprint density at radius 2 is 1.21 bits per heavy atom. The zero-order valence-corrected chi connectivity index (χ0v) is 22.9. The number of esters is 1. The van der Waals surface area contributed by atoms with Gasteiger partial charge in [-0.3, -0.25) is 14.4 Å². The lowest BCUT2D eigenvalue weighted by Gasteiger charge is -2.45. The van der Waals surface area contributed by atoms with E-state index in [0.29, 0.717) is 11.4 Å². The van der Waals surface area contributed by atoms with Crippen LogP contribution in [-0.2, 0) is 25.5 Å². The number of anilines is 2. The topological polar surface area (TPSA) is 92.8 Å². The Balaban J connectivity index is 1.09. The van der Waals surface area contributed by atoms with Gasteiger partial charge in [0.15, 0.2) is 6.61 Å². The molecule has 4 aromatic rings. The molecule has 2 atom stereocenters. The summed E-state index contributed by atoms with van der Waals surface area (Å²) >= 11 is 0. The molecule has 0 unspecified atom stereocenters. The van der Waals surface area contributed by atoms with Gasteiger partial charge in [-0.05, 0) is 64.6 Å². The Labute approximate surface area is 243 Å². The number of carbonyl (C=O) groups excluding carboxylic acids is 4. The van der Waals surface area contributed by atoms with Crippen LogP contribution in [0.15, 0.2) is 97.1 Å². The second-order valence-electron chi connectivity index (χ2n) is 11.0. The molecule has 42 heavy (non-hydrogen) atoms. The number of amides is 3. The van der Waals surface area contributed by atoms with Gasteiger partial charge in [0.1, 0.15) is 0 Å². The predicted molar refractivity (Wildman–Crippen MR) is 157 cm³/mol. The van der Waals surface area contributed by atoms with E-state index in [0.717, 1.165) is 34.2 Å². The first-order valence-corrected chi connectivity index (χ1v) is 14.2. The van der Waals surface area contributed by atoms with Crippen LogP contribution < -0.4 is 10.2 Å². The van der Waals surface area contributed by atoms with Crippen molar-refractivity contribution < 1.29 is 23.9 Å². The molecule has 0 saturated carbocycles. The smallest absolute Gasteiger partial charge is 0.338 e. The van der Waals surface area contributed by atoms with E-state index < -0.39 is 30.3 Å². The van der Waals surface area contributed by atoms with Crippen LogP contribution in [-0.4, -0.2) is 30.3 Å². The van der Waals surface area contributed by atoms with Crippen LogP contribution >= 0.6 is 0 Å². The molecule has 0 spiro atoms. The van der Waals surface area contributed by atoms with E-state index in [1.54, 1.807) is 18.2 Å². The molecule has 1 aliphatic heterocycles. The largest absolute Gasteiger partial charge is 0.452 e. The molecule has 7 nitrogen and oxygen atoms in total. The fourth-order valence-electron chi connectivity index (χ4n) is 7.03. The molecule has 7 heteroatoms. The van der Waals surface area contributed by atoms with Crippen molar-refractivity contribution in [3.63, 3.8) is 0 Å². The molecule has 4 aliphatic rings. The lowest BCUT2D eigenvalue weighted by atomic mass is 9.55. The number of para-hydroxylation sites is 1. The maximum Gasteiger partial charge on any atom is 0.338 e. The van der Waals surface area contributed by atoms with Crippen molar-refractivity contribution in [1.29, 1.82) is 0 Å². The molecule has 2 bridgehead atoms. The van der Waals surface area contributed by atoms with Gasteiger partial charge < -0.3 is 10.1 Å². The summed E-state index contributed by atoms with van der Waals surface area (Å²) in [5.41, 5.74) is 6.77. The standard InChI is InChI=1S/C35H28N2O5/c1-2-20-9-3-8-14-27(20)36-28(38)19-42-35(41)21-15-17-22(18-16-21)37-33(39)31-29-23-10-4-5-11-24(23)30(32(31)34(37)40)26-13-7-6-12-25(26)29/h3-18,29-32H,2,19H2,1H3,(H,36,38)/t29?,30?,31-,32-/m1/s1. The first kappa shape index (κ1) is 25.9. The Hall–Kier alpha value is -5.04. The van der Waals surface area contributed by atoms with E-state index in [1.807, 2.05) is 49.4 Å². The van der Waals surface area contributed by atoms with Crippen molar-refractivity contribution in [1.82, 2.24) is 0 Å². The summed E-state index contributed by atoms with van der Waals surface area (Å²) in [5, 5.41) is 2.78. The van der Waals surface area contributed by atoms with Gasteiger partial charge in [-0.2, -0.15) is 0 Å². The molecular weight excluding hydrogens is 528 g/mol. The first-order chi connectivity index (χ1) is 20.5. The van der Waals surface area contributed by atoms with Gasteiger partial charge >= 0.3 is 5.97 Å². The number of rotatable bonds is 6. The molecule has 0 aromatic heterocycles. The second-order valence-corrected chi connectivity index (χ2v) is 11.0. The third-order valence-corrected chi connectivity index (χ3v) is 8.82. The molecular formula is C35H28N2O5.